The van der Waals surface area contributed by atoms with Crippen LogP contribution in [0.4, 0.5) is 0 Å². The lowest BCUT2D eigenvalue weighted by atomic mass is 9.72. The summed E-state index contributed by atoms with van der Waals surface area (Å²) in [4.78, 5) is 15.1. The third-order valence-electron chi connectivity index (χ3n) is 20.2. The molecule has 19 nitrogen and oxygen atoms in total. The molecule has 6 aromatic rings. The number of ether oxygens (including phenoxy) is 8. The number of benzene rings is 6. The lowest BCUT2D eigenvalue weighted by Crippen LogP contribution is -2.27. The van der Waals surface area contributed by atoms with E-state index in [2.05, 4.69) is 138 Å². The maximum absolute atomic E-state index is 9.63. The summed E-state index contributed by atoms with van der Waals surface area (Å²) in [5.41, 5.74) is 30.4. The van der Waals surface area contributed by atoms with Gasteiger partial charge in [0, 0.05) is 23.4 Å². The van der Waals surface area contributed by atoms with Crippen LogP contribution in [0.15, 0.2) is 69.0 Å². The highest BCUT2D eigenvalue weighted by Crippen LogP contribution is 2.68. The third-order valence-corrected chi connectivity index (χ3v) is 20.2. The first-order chi connectivity index (χ1) is 42.6. The number of hydrogen-bond acceptors (Lipinski definition) is 16. The van der Waals surface area contributed by atoms with Crippen LogP contribution in [-0.4, -0.2) is 83.3 Å². The number of hydroxylamine groups is 1. The van der Waals surface area contributed by atoms with E-state index in [-0.39, 0.29) is 70.5 Å². The van der Waals surface area contributed by atoms with E-state index in [1.165, 1.54) is 33.4 Å². The van der Waals surface area contributed by atoms with Crippen LogP contribution in [-0.2, 0) is 42.2 Å². The predicted molar refractivity (Wildman–Crippen MR) is 361 cm³/mol. The molecule has 7 N–H and O–H groups in total. The number of rotatable bonds is 11. The molecule has 0 bridgehead atoms. The van der Waals surface area contributed by atoms with Crippen molar-refractivity contribution in [2.24, 2.45) is 31.9 Å². The molecular weight excluding hydrogens is 1170 g/mol. The van der Waals surface area contributed by atoms with Crippen molar-refractivity contribution in [1.29, 1.82) is 0 Å². The zero-order valence-electron chi connectivity index (χ0n) is 55.6. The number of nitrogens with two attached hydrogens (primary N) is 2. The number of hydrogen-bond donors (Lipinski definition) is 5. The Morgan fingerprint density at radius 1 is 0.467 bits per heavy atom. The Hall–Kier alpha value is -8.84. The van der Waals surface area contributed by atoms with Crippen molar-refractivity contribution < 1.29 is 58.0 Å². The number of methoxy groups -OCH3 is 4. The van der Waals surface area contributed by atoms with E-state index in [0.29, 0.717) is 80.5 Å². The SMILES string of the molecule is C.C.CC/C(=N\OC)c1c(C)c(C)c(C(=NC)NOC)c2c1Oc1cc3c(cc1O2)C(C)(C)CC31CC(C)(C)c2cc(OC)c(OC)cc21.COc1cc2c(cc1OC)C1(CC2(C)C)CC(C)(C)c2cc3c(cc21)Oc1c(c(/C(N)=N/O)c(C)c(C)c1/C(N)=N/O)O3. The molecule has 0 saturated carbocycles. The van der Waals surface area contributed by atoms with Gasteiger partial charge in [0.25, 0.3) is 0 Å². The fourth-order valence-corrected chi connectivity index (χ4v) is 16.4. The van der Waals surface area contributed by atoms with Crippen molar-refractivity contribution in [1.82, 2.24) is 5.48 Å². The Morgan fingerprint density at radius 2 is 0.750 bits per heavy atom. The molecule has 0 aromatic heterocycles. The average molecular weight is 1260 g/mol. The highest BCUT2D eigenvalue weighted by molar-refractivity contribution is 6.10. The lowest BCUT2D eigenvalue weighted by molar-refractivity contribution is 0.144. The summed E-state index contributed by atoms with van der Waals surface area (Å²) >= 11 is 0. The van der Waals surface area contributed by atoms with E-state index in [0.717, 1.165) is 76.3 Å². The zero-order chi connectivity index (χ0) is 65.3. The van der Waals surface area contributed by atoms with Gasteiger partial charge >= 0.3 is 0 Å². The first-order valence-corrected chi connectivity index (χ1v) is 30.4. The standard InChI is InChI=1S/C38H47N3O6.C33H38N4O6.2CH4/c1-13-26(40-44-11)31-20(2)21(3)32(35(39-8)41-45-12)34-33(31)46-30-17-25-23(15-29(30)47-34)37(6,7)19-38(25)18-36(4,5)22-14-27(42-9)28(43-10)16-24(22)38;1-15-16(2)26(30(35)37-39)28-27(25(15)29(34)36-38)42-23-10-18-20(12-24(23)43-28)33(14-32(18,5)6)13-31(3,4)17-9-21(40-7)22(41-8)11-19(17)33;;/h14-17H,13,18-19H2,1-12H3,(H,39,41);9-12,38-39H,13-14H2,1-8H3,(H2,34,36)(H2,35,37);2*1H4/b40-26+;;;. The molecule has 6 aliphatic rings. The maximum atomic E-state index is 9.63. The van der Waals surface area contributed by atoms with Crippen LogP contribution >= 0.6 is 0 Å². The number of nitrogens with zero attached hydrogens (tertiary/aromatic N) is 4. The fourth-order valence-electron chi connectivity index (χ4n) is 16.4. The molecule has 2 aliphatic heterocycles. The number of fused-ring (bicyclic) bond motifs is 12. The predicted octanol–water partition coefficient (Wildman–Crippen LogP) is 15.5. The second kappa shape index (κ2) is 23.7. The van der Waals surface area contributed by atoms with Crippen molar-refractivity contribution in [3.05, 3.63) is 138 Å². The molecule has 2 atom stereocenters. The largest absolute Gasteiger partial charge is 0.493 e. The molecule has 0 fully saturated rings. The van der Waals surface area contributed by atoms with Crippen LogP contribution in [0.25, 0.3) is 0 Å². The van der Waals surface area contributed by atoms with Crippen molar-refractivity contribution in [3.8, 4) is 69.0 Å². The van der Waals surface area contributed by atoms with E-state index in [1.807, 2.05) is 13.0 Å². The molecule has 0 saturated heterocycles. The topological polar surface area (TPSA) is 246 Å². The van der Waals surface area contributed by atoms with Gasteiger partial charge in [-0.15, -0.1) is 0 Å². The van der Waals surface area contributed by atoms with E-state index >= 15 is 0 Å². The van der Waals surface area contributed by atoms with E-state index < -0.39 is 0 Å². The smallest absolute Gasteiger partial charge is 0.182 e. The third kappa shape index (κ3) is 9.93. The quantitative estimate of drug-likeness (QED) is 0.0350. The molecule has 6 aromatic carbocycles. The highest BCUT2D eigenvalue weighted by Gasteiger charge is 2.59. The van der Waals surface area contributed by atoms with Crippen LogP contribution in [0.5, 0.6) is 69.0 Å². The van der Waals surface area contributed by atoms with Crippen LogP contribution < -0.4 is 54.8 Å². The van der Waals surface area contributed by atoms with Gasteiger partial charge in [-0.25, -0.2) is 5.48 Å². The van der Waals surface area contributed by atoms with E-state index in [4.69, 9.17) is 59.0 Å². The Labute approximate surface area is 542 Å². The summed E-state index contributed by atoms with van der Waals surface area (Å²) < 4.78 is 50.0. The van der Waals surface area contributed by atoms with Gasteiger partial charge in [-0.3, -0.25) is 9.83 Å². The number of aliphatic imine (C=N–C) groups is 1. The summed E-state index contributed by atoms with van der Waals surface area (Å²) in [5.74, 6) is 7.11. The monoisotopic (exact) mass is 1260 g/mol. The molecule has 12 rings (SSSR count). The number of oxime groups is 3. The van der Waals surface area contributed by atoms with Gasteiger partial charge in [0.05, 0.1) is 58.0 Å². The molecule has 4 aliphatic carbocycles. The van der Waals surface area contributed by atoms with Gasteiger partial charge in [-0.05, 0) is 197 Å². The maximum Gasteiger partial charge on any atom is 0.182 e. The normalized spacial score (nSPS) is 20.0. The van der Waals surface area contributed by atoms with Gasteiger partial charge in [0.1, 0.15) is 7.11 Å². The molecule has 19 heteroatoms. The minimum absolute atomic E-state index is 0. The molecular formula is C73H93N7O12. The molecule has 0 radical (unpaired) electrons. The van der Waals surface area contributed by atoms with Crippen molar-refractivity contribution in [2.45, 2.75) is 169 Å². The highest BCUT2D eigenvalue weighted by atomic mass is 16.6. The average Bonchev–Trinajstić information content (AvgIpc) is 1.52. The van der Waals surface area contributed by atoms with Crippen LogP contribution in [0.1, 0.15) is 198 Å². The first-order valence-electron chi connectivity index (χ1n) is 30.4. The summed E-state index contributed by atoms with van der Waals surface area (Å²) in [5, 5.41) is 30.1. The summed E-state index contributed by atoms with van der Waals surface area (Å²) in [6, 6.07) is 17.1. The Balaban J connectivity index is 0.000000214. The number of amidine groups is 3. The van der Waals surface area contributed by atoms with E-state index in [1.54, 1.807) is 63.6 Å². The molecule has 0 amide bonds. The van der Waals surface area contributed by atoms with Gasteiger partial charge in [0.2, 0.25) is 0 Å². The van der Waals surface area contributed by atoms with Crippen molar-refractivity contribution >= 4 is 23.2 Å². The van der Waals surface area contributed by atoms with Gasteiger partial charge in [-0.1, -0.05) is 92.6 Å². The number of nitrogens with one attached hydrogen (secondary N) is 1. The zero-order valence-corrected chi connectivity index (χ0v) is 55.6. The molecule has 2 spiro atoms. The van der Waals surface area contributed by atoms with E-state index in [9.17, 15) is 10.4 Å². The minimum Gasteiger partial charge on any atom is -0.493 e. The molecule has 2 heterocycles. The molecule has 492 valence electrons. The van der Waals surface area contributed by atoms with Gasteiger partial charge < -0.3 is 64.6 Å². The second-order valence-electron chi connectivity index (χ2n) is 27.2. The van der Waals surface area contributed by atoms with Crippen LogP contribution in [0.2, 0.25) is 0 Å². The minimum atomic E-state index is -0.313. The van der Waals surface area contributed by atoms with Crippen LogP contribution in [0, 0.1) is 27.7 Å². The molecule has 2 unspecified atom stereocenters. The first kappa shape index (κ1) is 67.6. The van der Waals surface area contributed by atoms with Crippen molar-refractivity contribution in [3.63, 3.8) is 0 Å². The second-order valence-corrected chi connectivity index (χ2v) is 27.2. The Morgan fingerprint density at radius 3 is 1.05 bits per heavy atom. The Kier molecular flexibility index (Phi) is 17.4. The fraction of sp³-hybridized carbons (Fsp3) is 0.452. The summed E-state index contributed by atoms with van der Waals surface area (Å²) in [6.07, 6.45) is 4.29. The Bertz CT molecular complexity index is 4140. The van der Waals surface area contributed by atoms with Crippen LogP contribution in [0.3, 0.4) is 0 Å². The lowest BCUT2D eigenvalue weighted by Gasteiger charge is -2.32. The summed E-state index contributed by atoms with van der Waals surface area (Å²) in [7, 11) is 11.6. The molecule has 92 heavy (non-hydrogen) atoms. The van der Waals surface area contributed by atoms with Gasteiger partial charge in [0.15, 0.2) is 86.5 Å². The van der Waals surface area contributed by atoms with Crippen molar-refractivity contribution in [2.75, 3.05) is 49.7 Å². The van der Waals surface area contributed by atoms with Gasteiger partial charge in [-0.2, -0.15) is 0 Å². The summed E-state index contributed by atoms with van der Waals surface area (Å²) in [6.45, 7) is 28.1.